The predicted molar refractivity (Wildman–Crippen MR) is 84.5 cm³/mol. The van der Waals surface area contributed by atoms with Crippen LogP contribution in [0.15, 0.2) is 48.5 Å². The van der Waals surface area contributed by atoms with Crippen molar-refractivity contribution < 1.29 is 4.79 Å². The molecule has 2 nitrogen and oxygen atoms in total. The van der Waals surface area contributed by atoms with Crippen LogP contribution in [0.4, 0.5) is 5.69 Å². The van der Waals surface area contributed by atoms with E-state index in [-0.39, 0.29) is 0 Å². The molecule has 0 amide bonds. The minimum absolute atomic E-state index is 0.326. The van der Waals surface area contributed by atoms with Crippen LogP contribution in [0, 0.1) is 0 Å². The molecule has 0 bridgehead atoms. The van der Waals surface area contributed by atoms with Gasteiger partial charge in [-0.25, -0.2) is 0 Å². The second kappa shape index (κ2) is 6.90. The number of hydrogen-bond donors (Lipinski definition) is 1. The molecule has 0 radical (unpaired) electrons. The summed E-state index contributed by atoms with van der Waals surface area (Å²) in [5.74, 6) is 0.326. The van der Waals surface area contributed by atoms with Crippen LogP contribution in [0.3, 0.4) is 0 Å². The summed E-state index contributed by atoms with van der Waals surface area (Å²) in [7, 11) is 0. The number of rotatable bonds is 6. The van der Waals surface area contributed by atoms with Gasteiger partial charge in [0.05, 0.1) is 0 Å². The summed E-state index contributed by atoms with van der Waals surface area (Å²) in [6.07, 6.45) is 3.29. The Morgan fingerprint density at radius 1 is 0.950 bits per heavy atom. The third-order valence-electron chi connectivity index (χ3n) is 3.41. The summed E-state index contributed by atoms with van der Waals surface area (Å²) in [6, 6.07) is 16.0. The second-order valence-electron chi connectivity index (χ2n) is 5.14. The highest BCUT2D eigenvalue weighted by molar-refractivity contribution is 5.81. The molecule has 0 aromatic heterocycles. The van der Waals surface area contributed by atoms with Gasteiger partial charge in [0.25, 0.3) is 0 Å². The lowest BCUT2D eigenvalue weighted by atomic mass is 10.0. The van der Waals surface area contributed by atoms with Crippen molar-refractivity contribution in [2.75, 3.05) is 5.73 Å². The van der Waals surface area contributed by atoms with Gasteiger partial charge in [-0.15, -0.1) is 0 Å². The van der Waals surface area contributed by atoms with E-state index in [2.05, 4.69) is 19.1 Å². The lowest BCUT2D eigenvalue weighted by Crippen LogP contribution is -2.02. The highest BCUT2D eigenvalue weighted by Gasteiger charge is 2.04. The molecule has 0 aliphatic rings. The summed E-state index contributed by atoms with van der Waals surface area (Å²) < 4.78 is 0. The summed E-state index contributed by atoms with van der Waals surface area (Å²) in [5.41, 5.74) is 9.83. The number of carbonyl (C=O) groups is 1. The molecule has 20 heavy (non-hydrogen) atoms. The van der Waals surface area contributed by atoms with Crippen LogP contribution in [-0.4, -0.2) is 5.78 Å². The van der Waals surface area contributed by atoms with E-state index >= 15 is 0 Å². The van der Waals surface area contributed by atoms with E-state index in [1.165, 1.54) is 0 Å². The summed E-state index contributed by atoms with van der Waals surface area (Å²) in [5, 5.41) is 0. The molecule has 0 heterocycles. The molecule has 2 aromatic rings. The van der Waals surface area contributed by atoms with E-state index in [4.69, 9.17) is 5.73 Å². The van der Waals surface area contributed by atoms with Gasteiger partial charge in [-0.3, -0.25) is 4.79 Å². The monoisotopic (exact) mass is 267 g/mol. The standard InChI is InChI=1S/C18H21NO/c1-2-3-4-18(20)13-14-5-7-15(8-6-14)16-9-11-17(19)12-10-16/h5-12H,2-4,13,19H2,1H3. The fraction of sp³-hybridized carbons (Fsp3) is 0.278. The molecule has 2 heteroatoms. The molecule has 0 aliphatic carbocycles. The number of hydrogen-bond acceptors (Lipinski definition) is 2. The first kappa shape index (κ1) is 14.3. The lowest BCUT2D eigenvalue weighted by molar-refractivity contribution is -0.118. The van der Waals surface area contributed by atoms with Gasteiger partial charge in [0, 0.05) is 18.5 Å². The molecule has 2 N–H and O–H groups in total. The zero-order valence-corrected chi connectivity index (χ0v) is 11.9. The molecule has 2 rings (SSSR count). The summed E-state index contributed by atoms with van der Waals surface area (Å²) >= 11 is 0. The Labute approximate surface area is 120 Å². The quantitative estimate of drug-likeness (QED) is 0.795. The maximum atomic E-state index is 11.7. The van der Waals surface area contributed by atoms with E-state index in [1.807, 2.05) is 36.4 Å². The van der Waals surface area contributed by atoms with Crippen LogP contribution in [0.25, 0.3) is 11.1 Å². The fourth-order valence-electron chi connectivity index (χ4n) is 2.18. The first-order valence-electron chi connectivity index (χ1n) is 7.15. The second-order valence-corrected chi connectivity index (χ2v) is 5.14. The molecule has 0 aliphatic heterocycles. The van der Waals surface area contributed by atoms with E-state index in [0.717, 1.165) is 35.2 Å². The summed E-state index contributed by atoms with van der Waals surface area (Å²) in [6.45, 7) is 2.11. The normalized spacial score (nSPS) is 10.4. The third-order valence-corrected chi connectivity index (χ3v) is 3.41. The van der Waals surface area contributed by atoms with Gasteiger partial charge < -0.3 is 5.73 Å². The molecule has 2 aromatic carbocycles. The predicted octanol–water partition coefficient (Wildman–Crippen LogP) is 4.24. The Morgan fingerprint density at radius 3 is 2.05 bits per heavy atom. The minimum Gasteiger partial charge on any atom is -0.399 e. The Kier molecular flexibility index (Phi) is 4.94. The number of anilines is 1. The number of unbranched alkanes of at least 4 members (excludes halogenated alkanes) is 1. The van der Waals surface area contributed by atoms with Crippen molar-refractivity contribution in [3.05, 3.63) is 54.1 Å². The minimum atomic E-state index is 0.326. The number of carbonyl (C=O) groups excluding carboxylic acids is 1. The van der Waals surface area contributed by atoms with Gasteiger partial charge in [0.2, 0.25) is 0 Å². The largest absolute Gasteiger partial charge is 0.399 e. The number of nitrogen functional groups attached to an aromatic ring is 1. The number of nitrogens with two attached hydrogens (primary N) is 1. The Hall–Kier alpha value is -2.09. The average molecular weight is 267 g/mol. The molecule has 0 atom stereocenters. The van der Waals surface area contributed by atoms with Crippen LogP contribution in [0.1, 0.15) is 31.7 Å². The van der Waals surface area contributed by atoms with Gasteiger partial charge >= 0.3 is 0 Å². The van der Waals surface area contributed by atoms with Crippen LogP contribution in [-0.2, 0) is 11.2 Å². The highest BCUT2D eigenvalue weighted by Crippen LogP contribution is 2.21. The van der Waals surface area contributed by atoms with Crippen molar-refractivity contribution in [1.29, 1.82) is 0 Å². The lowest BCUT2D eigenvalue weighted by Gasteiger charge is -2.05. The molecule has 0 unspecified atom stereocenters. The van der Waals surface area contributed by atoms with Crippen LogP contribution in [0.5, 0.6) is 0 Å². The topological polar surface area (TPSA) is 43.1 Å². The Bertz CT molecular complexity index is 555. The summed E-state index contributed by atoms with van der Waals surface area (Å²) in [4.78, 5) is 11.7. The van der Waals surface area contributed by atoms with Crippen molar-refractivity contribution in [3.63, 3.8) is 0 Å². The van der Waals surface area contributed by atoms with Gasteiger partial charge in [0.15, 0.2) is 0 Å². The van der Waals surface area contributed by atoms with Crippen molar-refractivity contribution in [2.45, 2.75) is 32.6 Å². The van der Waals surface area contributed by atoms with Crippen LogP contribution in [0.2, 0.25) is 0 Å². The molecule has 0 fully saturated rings. The number of ketones is 1. The van der Waals surface area contributed by atoms with Crippen LogP contribution < -0.4 is 5.73 Å². The zero-order chi connectivity index (χ0) is 14.4. The van der Waals surface area contributed by atoms with E-state index < -0.39 is 0 Å². The molecular formula is C18H21NO. The smallest absolute Gasteiger partial charge is 0.137 e. The van der Waals surface area contributed by atoms with Gasteiger partial charge in [-0.05, 0) is 35.2 Å². The maximum absolute atomic E-state index is 11.7. The van der Waals surface area contributed by atoms with Crippen LogP contribution >= 0.6 is 0 Å². The van der Waals surface area contributed by atoms with E-state index in [0.29, 0.717) is 18.6 Å². The maximum Gasteiger partial charge on any atom is 0.137 e. The zero-order valence-electron chi connectivity index (χ0n) is 11.9. The highest BCUT2D eigenvalue weighted by atomic mass is 16.1. The molecule has 0 saturated heterocycles. The van der Waals surface area contributed by atoms with Gasteiger partial charge in [0.1, 0.15) is 5.78 Å². The van der Waals surface area contributed by atoms with Crippen molar-refractivity contribution in [2.24, 2.45) is 0 Å². The van der Waals surface area contributed by atoms with Crippen molar-refractivity contribution in [1.82, 2.24) is 0 Å². The Balaban J connectivity index is 2.02. The first-order chi connectivity index (χ1) is 9.69. The van der Waals surface area contributed by atoms with Crippen molar-refractivity contribution >= 4 is 11.5 Å². The average Bonchev–Trinajstić information content (AvgIpc) is 2.47. The molecule has 0 saturated carbocycles. The SMILES string of the molecule is CCCCC(=O)Cc1ccc(-c2ccc(N)cc2)cc1. The van der Waals surface area contributed by atoms with Gasteiger partial charge in [-0.2, -0.15) is 0 Å². The van der Waals surface area contributed by atoms with Gasteiger partial charge in [-0.1, -0.05) is 49.7 Å². The fourth-order valence-corrected chi connectivity index (χ4v) is 2.18. The van der Waals surface area contributed by atoms with E-state index in [9.17, 15) is 4.79 Å². The first-order valence-corrected chi connectivity index (χ1v) is 7.15. The molecular weight excluding hydrogens is 246 g/mol. The number of benzene rings is 2. The molecule has 104 valence electrons. The van der Waals surface area contributed by atoms with E-state index in [1.54, 1.807) is 0 Å². The number of Topliss-reactive ketones (excluding diaryl/α,β-unsaturated/α-hetero) is 1. The Morgan fingerprint density at radius 2 is 1.50 bits per heavy atom. The molecule has 0 spiro atoms. The third kappa shape index (κ3) is 3.95. The van der Waals surface area contributed by atoms with Crippen molar-refractivity contribution in [3.8, 4) is 11.1 Å².